The fourth-order valence-corrected chi connectivity index (χ4v) is 4.70. The van der Waals surface area contributed by atoms with Crippen molar-refractivity contribution >= 4 is 28.3 Å². The average molecular weight is 260 g/mol. The molecule has 16 heavy (non-hydrogen) atoms. The third kappa shape index (κ3) is 2.23. The minimum absolute atomic E-state index is 0.0481. The van der Waals surface area contributed by atoms with Gasteiger partial charge in [-0.25, -0.2) is 0 Å². The lowest BCUT2D eigenvalue weighted by atomic mass is 9.93. The summed E-state index contributed by atoms with van der Waals surface area (Å²) in [7, 11) is 0. The molecule has 0 aromatic rings. The number of nitrogens with one attached hydrogen (secondary N) is 1. The molecule has 2 rings (SSSR count). The highest BCUT2D eigenvalue weighted by Crippen LogP contribution is 2.43. The lowest BCUT2D eigenvalue weighted by molar-refractivity contribution is 0.0336. The Kier molecular flexibility index (Phi) is 3.79. The number of thiocarbonyl (C=S) groups is 1. The van der Waals surface area contributed by atoms with Crippen LogP contribution in [-0.4, -0.2) is 31.4 Å². The summed E-state index contributed by atoms with van der Waals surface area (Å²) in [4.78, 5) is 2.22. The maximum atomic E-state index is 9.36. The first-order valence-electron chi connectivity index (χ1n) is 5.97. The van der Waals surface area contributed by atoms with Crippen molar-refractivity contribution in [2.24, 2.45) is 0 Å². The molecule has 1 saturated carbocycles. The zero-order valence-electron chi connectivity index (χ0n) is 9.90. The van der Waals surface area contributed by atoms with Crippen molar-refractivity contribution in [3.05, 3.63) is 0 Å². The summed E-state index contributed by atoms with van der Waals surface area (Å²) in [6, 6.07) is 0.514. The van der Waals surface area contributed by atoms with Crippen molar-refractivity contribution in [3.8, 4) is 0 Å². The number of hydrogen-bond donors (Lipinski definition) is 2. The molecule has 1 unspecified atom stereocenters. The quantitative estimate of drug-likeness (QED) is 0.589. The standard InChI is InChI=1S/C11H20N2OS2/c1-11(2)9(12-14)13(10(15)16-11)8-6-4-3-5-7-8/h8-9,12,14H,3-7H2,1-2H3. The molecule has 0 bridgehead atoms. The second-order valence-corrected chi connectivity index (χ2v) is 7.49. The minimum Gasteiger partial charge on any atom is -0.336 e. The van der Waals surface area contributed by atoms with E-state index in [1.165, 1.54) is 32.1 Å². The molecule has 0 spiro atoms. The van der Waals surface area contributed by atoms with Gasteiger partial charge >= 0.3 is 0 Å². The van der Waals surface area contributed by atoms with Gasteiger partial charge in [-0.1, -0.05) is 43.2 Å². The van der Waals surface area contributed by atoms with Gasteiger partial charge < -0.3 is 10.1 Å². The summed E-state index contributed by atoms with van der Waals surface area (Å²) >= 11 is 7.14. The molecule has 0 amide bonds. The van der Waals surface area contributed by atoms with Gasteiger partial charge in [-0.3, -0.25) is 0 Å². The van der Waals surface area contributed by atoms with Gasteiger partial charge in [-0.2, -0.15) is 5.48 Å². The molecule has 0 aromatic carbocycles. The van der Waals surface area contributed by atoms with Crippen molar-refractivity contribution < 1.29 is 5.21 Å². The van der Waals surface area contributed by atoms with Crippen LogP contribution in [0.4, 0.5) is 0 Å². The number of hydroxylamine groups is 1. The van der Waals surface area contributed by atoms with Crippen LogP contribution in [0.2, 0.25) is 0 Å². The summed E-state index contributed by atoms with van der Waals surface area (Å²) < 4.78 is 0.881. The van der Waals surface area contributed by atoms with E-state index in [0.717, 1.165) is 4.32 Å². The predicted octanol–water partition coefficient (Wildman–Crippen LogP) is 2.74. The van der Waals surface area contributed by atoms with Crippen LogP contribution in [0.5, 0.6) is 0 Å². The third-order valence-electron chi connectivity index (χ3n) is 3.59. The van der Waals surface area contributed by atoms with Crippen LogP contribution in [0.15, 0.2) is 0 Å². The first-order valence-corrected chi connectivity index (χ1v) is 7.19. The monoisotopic (exact) mass is 260 g/mol. The Hall–Kier alpha value is 0.160. The van der Waals surface area contributed by atoms with Gasteiger partial charge in [0.15, 0.2) is 0 Å². The van der Waals surface area contributed by atoms with Crippen molar-refractivity contribution in [1.82, 2.24) is 10.4 Å². The molecule has 2 N–H and O–H groups in total. The topological polar surface area (TPSA) is 35.5 Å². The van der Waals surface area contributed by atoms with Crippen molar-refractivity contribution in [3.63, 3.8) is 0 Å². The maximum absolute atomic E-state index is 9.36. The van der Waals surface area contributed by atoms with Crippen LogP contribution >= 0.6 is 24.0 Å². The maximum Gasteiger partial charge on any atom is 0.138 e. The molecule has 1 atom stereocenters. The molecule has 5 heteroatoms. The molecule has 1 saturated heterocycles. The second-order valence-electron chi connectivity index (χ2n) is 5.20. The van der Waals surface area contributed by atoms with E-state index in [0.29, 0.717) is 6.04 Å². The molecule has 92 valence electrons. The van der Waals surface area contributed by atoms with E-state index >= 15 is 0 Å². The van der Waals surface area contributed by atoms with Crippen LogP contribution < -0.4 is 5.48 Å². The smallest absolute Gasteiger partial charge is 0.138 e. The number of nitrogens with zero attached hydrogens (tertiary/aromatic N) is 1. The van der Waals surface area contributed by atoms with E-state index in [9.17, 15) is 5.21 Å². The summed E-state index contributed by atoms with van der Waals surface area (Å²) in [6.45, 7) is 4.25. The van der Waals surface area contributed by atoms with Crippen molar-refractivity contribution in [2.45, 2.75) is 62.9 Å². The number of thioether (sulfide) groups is 1. The Morgan fingerprint density at radius 3 is 2.56 bits per heavy atom. The van der Waals surface area contributed by atoms with E-state index in [1.807, 2.05) is 0 Å². The van der Waals surface area contributed by atoms with E-state index in [-0.39, 0.29) is 10.9 Å². The summed E-state index contributed by atoms with van der Waals surface area (Å²) in [5.41, 5.74) is 2.45. The summed E-state index contributed by atoms with van der Waals surface area (Å²) in [5.74, 6) is 0. The lowest BCUT2D eigenvalue weighted by Gasteiger charge is -2.38. The Balaban J connectivity index is 2.15. The lowest BCUT2D eigenvalue weighted by Crippen LogP contribution is -2.54. The normalized spacial score (nSPS) is 31.1. The molecule has 3 nitrogen and oxygen atoms in total. The van der Waals surface area contributed by atoms with Crippen LogP contribution in [-0.2, 0) is 0 Å². The van der Waals surface area contributed by atoms with Gasteiger partial charge in [0, 0.05) is 6.04 Å². The Morgan fingerprint density at radius 1 is 1.38 bits per heavy atom. The highest BCUT2D eigenvalue weighted by atomic mass is 32.2. The first kappa shape index (κ1) is 12.6. The molecule has 1 aliphatic heterocycles. The van der Waals surface area contributed by atoms with Crippen molar-refractivity contribution in [1.29, 1.82) is 0 Å². The van der Waals surface area contributed by atoms with Gasteiger partial charge in [-0.15, -0.1) is 0 Å². The fraction of sp³-hybridized carbons (Fsp3) is 0.909. The third-order valence-corrected chi connectivity index (χ3v) is 5.18. The molecule has 2 fully saturated rings. The molecule has 0 aromatic heterocycles. The SMILES string of the molecule is CC1(C)SC(=S)N(C2CCCCC2)C1NO. The van der Waals surface area contributed by atoms with Crippen LogP contribution in [0.25, 0.3) is 0 Å². The van der Waals surface area contributed by atoms with Gasteiger partial charge in [0.1, 0.15) is 10.5 Å². The van der Waals surface area contributed by atoms with E-state index < -0.39 is 0 Å². The molecule has 1 heterocycles. The molecular formula is C11H20N2OS2. The van der Waals surface area contributed by atoms with Crippen LogP contribution in [0.3, 0.4) is 0 Å². The number of rotatable bonds is 2. The van der Waals surface area contributed by atoms with Gasteiger partial charge in [0.2, 0.25) is 0 Å². The van der Waals surface area contributed by atoms with Crippen molar-refractivity contribution in [2.75, 3.05) is 0 Å². The van der Waals surface area contributed by atoms with Gasteiger partial charge in [0.05, 0.1) is 4.75 Å². The van der Waals surface area contributed by atoms with Gasteiger partial charge in [-0.05, 0) is 26.7 Å². The zero-order valence-corrected chi connectivity index (χ0v) is 11.5. The minimum atomic E-state index is -0.0523. The highest BCUT2D eigenvalue weighted by molar-refractivity contribution is 8.24. The summed E-state index contributed by atoms with van der Waals surface area (Å²) in [5, 5.41) is 9.36. The van der Waals surface area contributed by atoms with E-state index in [4.69, 9.17) is 12.2 Å². The Labute approximate surface area is 107 Å². The molecule has 1 aliphatic carbocycles. The Morgan fingerprint density at radius 2 is 2.00 bits per heavy atom. The van der Waals surface area contributed by atoms with E-state index in [1.54, 1.807) is 11.8 Å². The van der Waals surface area contributed by atoms with Crippen LogP contribution in [0.1, 0.15) is 46.0 Å². The highest BCUT2D eigenvalue weighted by Gasteiger charge is 2.46. The second kappa shape index (κ2) is 4.80. The zero-order chi connectivity index (χ0) is 11.8. The van der Waals surface area contributed by atoms with Crippen LogP contribution in [0, 0.1) is 0 Å². The molecule has 2 aliphatic rings. The summed E-state index contributed by atoms with van der Waals surface area (Å²) in [6.07, 6.45) is 6.27. The predicted molar refractivity (Wildman–Crippen MR) is 71.7 cm³/mol. The molecular weight excluding hydrogens is 240 g/mol. The first-order chi connectivity index (χ1) is 7.56. The largest absolute Gasteiger partial charge is 0.336 e. The van der Waals surface area contributed by atoms with E-state index in [2.05, 4.69) is 24.2 Å². The van der Waals surface area contributed by atoms with Gasteiger partial charge in [0.25, 0.3) is 0 Å². The Bertz CT molecular complexity index is 277. The molecule has 0 radical (unpaired) electrons. The average Bonchev–Trinajstić information content (AvgIpc) is 2.48. The number of hydrogen-bond acceptors (Lipinski definition) is 4. The fourth-order valence-electron chi connectivity index (χ4n) is 2.71.